The van der Waals surface area contributed by atoms with Gasteiger partial charge in [0.05, 0.1) is 0 Å². The summed E-state index contributed by atoms with van der Waals surface area (Å²) in [5.74, 6) is 0. The Hall–Kier alpha value is 4.12. The van der Waals surface area contributed by atoms with Crippen molar-refractivity contribution < 1.29 is 47.5 Å². The van der Waals surface area contributed by atoms with Crippen molar-refractivity contribution >= 4 is 83.2 Å². The third-order valence-electron chi connectivity index (χ3n) is 0. The van der Waals surface area contributed by atoms with E-state index in [4.69, 9.17) is 0 Å². The van der Waals surface area contributed by atoms with Crippen LogP contribution in [0.3, 0.4) is 0 Å². The molecule has 0 aromatic carbocycles. The van der Waals surface area contributed by atoms with Gasteiger partial charge < -0.3 is 13.1 Å². The van der Waals surface area contributed by atoms with Crippen LogP contribution in [0, 0.1) is 49.2 Å². The maximum atomic E-state index is 0. The first-order chi connectivity index (χ1) is 0. The van der Waals surface area contributed by atoms with Crippen LogP contribution in [0.2, 0.25) is 0 Å². The van der Waals surface area contributed by atoms with Crippen LogP contribution in [0.4, 0.5) is 0 Å². The molecular weight excluding hydrogens is 280 g/mol. The molecule has 0 aromatic heterocycles. The van der Waals surface area contributed by atoms with E-state index < -0.39 is 0 Å². The van der Waals surface area contributed by atoms with Crippen molar-refractivity contribution in [3.8, 4) is 0 Å². The van der Waals surface area contributed by atoms with Gasteiger partial charge in [-0.1, -0.05) is 0 Å². The molecule has 0 amide bonds. The molecule has 0 aliphatic carbocycles. The van der Waals surface area contributed by atoms with E-state index in [1.807, 2.05) is 0 Å². The van der Waals surface area contributed by atoms with Crippen molar-refractivity contribution in [3.63, 3.8) is 0 Å². The topological polar surface area (TPSA) is 0 Å². The summed E-state index contributed by atoms with van der Waals surface area (Å²) in [6, 6.07) is 0. The summed E-state index contributed by atoms with van der Waals surface area (Å²) in [4.78, 5) is 0. The minimum absolute atomic E-state index is 0. The zero-order valence-corrected chi connectivity index (χ0v) is 11.7. The zero-order valence-electron chi connectivity index (χ0n) is 6.91. The molecule has 0 spiro atoms. The number of hydrogen-bond acceptors (Lipinski definition) is 0. The van der Waals surface area contributed by atoms with E-state index in [0.29, 0.717) is 0 Å². The Kier molecular flexibility index (Phi) is 95.3. The average Bonchev–Trinajstić information content (AvgIpc) is 0. The quantitative estimate of drug-likeness (QED) is 0.439. The van der Waals surface area contributed by atoms with Crippen molar-refractivity contribution in [2.75, 3.05) is 0 Å². The molecule has 0 rings (SSSR count). The predicted octanol–water partition coefficient (Wildman–Crippen LogP) is 0.139. The largest absolute Gasteiger partial charge is 2.00 e. The molecule has 0 aliphatic heterocycles. The van der Waals surface area contributed by atoms with Gasteiger partial charge in [-0.3, -0.25) is 0 Å². The normalized spacial score (nSPS) is 0. The molecule has 3 heteroatoms. The summed E-state index contributed by atoms with van der Waals surface area (Å²) in [7, 11) is 0. The monoisotopic (exact) mass is 287 g/mol. The smallest absolute Gasteiger partial charge is 1.00 e. The maximum absolute atomic E-state index is 0. The molecule has 0 heterocycles. The van der Waals surface area contributed by atoms with E-state index in [2.05, 4.69) is 0 Å². The van der Waals surface area contributed by atoms with Crippen LogP contribution in [0.25, 0.3) is 0 Å². The Morgan fingerprint density at radius 3 is 1.25 bits per heavy atom. The molecular formula is CH7CaCeSr-. The summed E-state index contributed by atoms with van der Waals surface area (Å²) < 4.78 is 0. The molecule has 0 saturated heterocycles. The fraction of sp³-hybridized carbons (Fsp3) is 0. The minimum atomic E-state index is 0. The van der Waals surface area contributed by atoms with Crippen LogP contribution >= 0.6 is 0 Å². The molecule has 0 saturated carbocycles. The van der Waals surface area contributed by atoms with Crippen molar-refractivity contribution in [2.45, 2.75) is 0 Å². The maximum Gasteiger partial charge on any atom is 2.00 e. The van der Waals surface area contributed by atoms with E-state index >= 15 is 0 Å². The zero-order chi connectivity index (χ0) is 0. The van der Waals surface area contributed by atoms with Crippen LogP contribution < -0.4 is 0 Å². The van der Waals surface area contributed by atoms with Gasteiger partial charge in [0.1, 0.15) is 0 Å². The molecule has 0 fully saturated rings. The van der Waals surface area contributed by atoms with Crippen LogP contribution in [0.5, 0.6) is 0 Å². The second-order valence-corrected chi connectivity index (χ2v) is 0. The van der Waals surface area contributed by atoms with E-state index in [1.165, 1.54) is 0 Å². The predicted molar refractivity (Wildman–Crippen MR) is 22.4 cm³/mol. The van der Waals surface area contributed by atoms with E-state index in [1.54, 1.807) is 0 Å². The molecule has 20 valence electrons. The standard InChI is InChI=1S/CH3.Ca.Ce.Sr.4H/h1H3;;;;;;;/q-1;+2;;+2;4*-1. The van der Waals surface area contributed by atoms with Crippen LogP contribution in [-0.2, 0) is 0 Å². The second-order valence-electron chi connectivity index (χ2n) is 0. The van der Waals surface area contributed by atoms with Crippen molar-refractivity contribution in [1.82, 2.24) is 0 Å². The third-order valence-corrected chi connectivity index (χ3v) is 0. The van der Waals surface area contributed by atoms with Crippen LogP contribution in [-0.4, -0.2) is 83.2 Å². The first-order valence-corrected chi connectivity index (χ1v) is 0. The Bertz CT molecular complexity index is 16.0. The van der Waals surface area contributed by atoms with Gasteiger partial charge in [-0.15, -0.1) is 0 Å². The first-order valence-electron chi connectivity index (χ1n) is 0. The van der Waals surface area contributed by atoms with Crippen molar-refractivity contribution in [3.05, 3.63) is 7.43 Å². The molecule has 0 atom stereocenters. The molecule has 0 aromatic rings. The van der Waals surface area contributed by atoms with Crippen LogP contribution in [0.15, 0.2) is 0 Å². The first kappa shape index (κ1) is 24.3. The Morgan fingerprint density at radius 1 is 1.25 bits per heavy atom. The average molecular weight is 287 g/mol. The van der Waals surface area contributed by atoms with E-state index in [0.717, 1.165) is 0 Å². The molecule has 0 bridgehead atoms. The molecule has 0 N–H and O–H groups in total. The second kappa shape index (κ2) is 15.7. The minimum Gasteiger partial charge on any atom is -1.00 e. The Balaban J connectivity index is 0. The molecule has 0 radical (unpaired) electrons. The molecule has 4 heavy (non-hydrogen) atoms. The summed E-state index contributed by atoms with van der Waals surface area (Å²) in [5.41, 5.74) is 0. The molecule has 0 nitrogen and oxygen atoms in total. The van der Waals surface area contributed by atoms with Gasteiger partial charge in [0.25, 0.3) is 0 Å². The van der Waals surface area contributed by atoms with Crippen molar-refractivity contribution in [2.24, 2.45) is 0 Å². The van der Waals surface area contributed by atoms with Gasteiger partial charge in [-0.05, 0) is 0 Å². The summed E-state index contributed by atoms with van der Waals surface area (Å²) in [6.45, 7) is 0. The van der Waals surface area contributed by atoms with E-state index in [9.17, 15) is 0 Å². The van der Waals surface area contributed by atoms with Crippen molar-refractivity contribution in [1.29, 1.82) is 0 Å². The summed E-state index contributed by atoms with van der Waals surface area (Å²) in [5, 5.41) is 0. The Labute approximate surface area is 134 Å². The Morgan fingerprint density at radius 2 is 1.25 bits per heavy atom. The van der Waals surface area contributed by atoms with Gasteiger partial charge in [0.15, 0.2) is 0 Å². The van der Waals surface area contributed by atoms with Gasteiger partial charge in [0, 0.05) is 41.7 Å². The molecule has 0 aliphatic rings. The fourth-order valence-corrected chi connectivity index (χ4v) is 0. The van der Waals surface area contributed by atoms with Gasteiger partial charge in [-0.25, -0.2) is 0 Å². The van der Waals surface area contributed by atoms with E-state index in [-0.39, 0.29) is 138 Å². The van der Waals surface area contributed by atoms with Gasteiger partial charge >= 0.3 is 83.2 Å². The fourth-order valence-electron chi connectivity index (χ4n) is 0. The third kappa shape index (κ3) is 9.45. The van der Waals surface area contributed by atoms with Gasteiger partial charge in [0.2, 0.25) is 0 Å². The number of rotatable bonds is 0. The van der Waals surface area contributed by atoms with Gasteiger partial charge in [-0.2, -0.15) is 0 Å². The summed E-state index contributed by atoms with van der Waals surface area (Å²) >= 11 is 0. The number of hydrogen-bond donors (Lipinski definition) is 0. The van der Waals surface area contributed by atoms with Crippen LogP contribution in [0.1, 0.15) is 5.71 Å². The SMILES string of the molecule is [CH3-].[Ca+2].[Ce].[H-].[H-].[H-].[H-].[Sr+2]. The summed E-state index contributed by atoms with van der Waals surface area (Å²) in [6.07, 6.45) is 0. The molecule has 0 unspecified atom stereocenters.